The number of aliphatic hydroxyl groups is 1. The molecule has 2 atom stereocenters. The first-order valence-electron chi connectivity index (χ1n) is 6.50. The van der Waals surface area contributed by atoms with Crippen molar-refractivity contribution in [3.8, 4) is 0 Å². The third kappa shape index (κ3) is 4.04. The van der Waals surface area contributed by atoms with Crippen molar-refractivity contribution in [2.24, 2.45) is 13.0 Å². The summed E-state index contributed by atoms with van der Waals surface area (Å²) in [5.74, 6) is 1.60. The summed E-state index contributed by atoms with van der Waals surface area (Å²) in [5, 5.41) is 20.9. The molecule has 1 saturated carbocycles. The summed E-state index contributed by atoms with van der Waals surface area (Å²) in [5.41, 5.74) is 0. The summed E-state index contributed by atoms with van der Waals surface area (Å²) in [4.78, 5) is 0. The Morgan fingerprint density at radius 2 is 2.39 bits per heavy atom. The topological polar surface area (TPSA) is 72.2 Å². The van der Waals surface area contributed by atoms with Crippen LogP contribution in [0.15, 0.2) is 6.33 Å². The standard InChI is InChI=1S/C12H22N4O2/c1-9(12-15-14-8-16(12)2)13-5-11(17)7-18-6-10-3-4-10/h8-11,13,17H,3-7H2,1-2H3. The number of ether oxygens (including phenoxy) is 1. The lowest BCUT2D eigenvalue weighted by Gasteiger charge is -2.16. The van der Waals surface area contributed by atoms with E-state index in [9.17, 15) is 5.11 Å². The molecule has 2 rings (SSSR count). The van der Waals surface area contributed by atoms with Crippen molar-refractivity contribution in [1.82, 2.24) is 20.1 Å². The van der Waals surface area contributed by atoms with Crippen LogP contribution in [0.2, 0.25) is 0 Å². The Kier molecular flexibility index (Phi) is 4.68. The van der Waals surface area contributed by atoms with Gasteiger partial charge in [0, 0.05) is 20.2 Å². The minimum absolute atomic E-state index is 0.0654. The van der Waals surface area contributed by atoms with E-state index in [2.05, 4.69) is 15.5 Å². The molecule has 0 amide bonds. The predicted molar refractivity (Wildman–Crippen MR) is 67.0 cm³/mol. The Morgan fingerprint density at radius 1 is 1.61 bits per heavy atom. The molecule has 0 radical (unpaired) electrons. The van der Waals surface area contributed by atoms with E-state index in [-0.39, 0.29) is 6.04 Å². The zero-order valence-electron chi connectivity index (χ0n) is 11.0. The van der Waals surface area contributed by atoms with Crippen molar-refractivity contribution in [2.75, 3.05) is 19.8 Å². The average molecular weight is 254 g/mol. The van der Waals surface area contributed by atoms with E-state index in [0.29, 0.717) is 13.2 Å². The Morgan fingerprint density at radius 3 is 3.00 bits per heavy atom. The van der Waals surface area contributed by atoms with Crippen LogP contribution in [-0.4, -0.2) is 45.7 Å². The Bertz CT molecular complexity index is 365. The molecule has 1 aromatic heterocycles. The van der Waals surface area contributed by atoms with Crippen LogP contribution in [0.1, 0.15) is 31.6 Å². The fourth-order valence-electron chi connectivity index (χ4n) is 1.80. The molecule has 0 aliphatic heterocycles. The molecule has 1 aromatic rings. The predicted octanol–water partition coefficient (Wildman–Crippen LogP) is 0.253. The molecule has 1 fully saturated rings. The van der Waals surface area contributed by atoms with Gasteiger partial charge in [0.1, 0.15) is 12.2 Å². The molecule has 0 aromatic carbocycles. The second-order valence-electron chi connectivity index (χ2n) is 5.06. The summed E-state index contributed by atoms with van der Waals surface area (Å²) in [6, 6.07) is 0.0654. The quantitative estimate of drug-likeness (QED) is 0.696. The largest absolute Gasteiger partial charge is 0.389 e. The molecule has 1 aliphatic carbocycles. The second-order valence-corrected chi connectivity index (χ2v) is 5.06. The zero-order valence-corrected chi connectivity index (χ0v) is 11.0. The number of aryl methyl sites for hydroxylation is 1. The normalized spacial score (nSPS) is 18.8. The molecule has 102 valence electrons. The maximum atomic E-state index is 9.77. The van der Waals surface area contributed by atoms with Crippen LogP contribution in [0.4, 0.5) is 0 Å². The highest BCUT2D eigenvalue weighted by atomic mass is 16.5. The van der Waals surface area contributed by atoms with Crippen LogP contribution in [0.25, 0.3) is 0 Å². The van der Waals surface area contributed by atoms with E-state index in [0.717, 1.165) is 18.3 Å². The number of aliphatic hydroxyl groups excluding tert-OH is 1. The summed E-state index contributed by atoms with van der Waals surface area (Å²) in [6.07, 6.45) is 3.75. The highest BCUT2D eigenvalue weighted by Crippen LogP contribution is 2.28. The first kappa shape index (κ1) is 13.5. The van der Waals surface area contributed by atoms with Crippen LogP contribution in [0.3, 0.4) is 0 Å². The third-order valence-corrected chi connectivity index (χ3v) is 3.15. The first-order chi connectivity index (χ1) is 8.66. The number of nitrogens with one attached hydrogen (secondary N) is 1. The smallest absolute Gasteiger partial charge is 0.149 e. The van der Waals surface area contributed by atoms with Crippen LogP contribution in [-0.2, 0) is 11.8 Å². The number of nitrogens with zero attached hydrogens (tertiary/aromatic N) is 3. The molecule has 2 unspecified atom stereocenters. The maximum absolute atomic E-state index is 9.77. The summed E-state index contributed by atoms with van der Waals surface area (Å²) < 4.78 is 7.31. The molecule has 0 spiro atoms. The molecule has 1 heterocycles. The minimum Gasteiger partial charge on any atom is -0.389 e. The van der Waals surface area contributed by atoms with Gasteiger partial charge in [0.25, 0.3) is 0 Å². The SMILES string of the molecule is CC(NCC(O)COCC1CC1)c1nncn1C. The molecule has 0 saturated heterocycles. The zero-order chi connectivity index (χ0) is 13.0. The lowest BCUT2D eigenvalue weighted by atomic mass is 10.3. The van der Waals surface area contributed by atoms with Crippen LogP contribution >= 0.6 is 0 Å². The van der Waals surface area contributed by atoms with Crippen molar-refractivity contribution in [1.29, 1.82) is 0 Å². The van der Waals surface area contributed by atoms with E-state index >= 15 is 0 Å². The fraction of sp³-hybridized carbons (Fsp3) is 0.833. The van der Waals surface area contributed by atoms with Crippen LogP contribution in [0.5, 0.6) is 0 Å². The van der Waals surface area contributed by atoms with Crippen molar-refractivity contribution in [3.63, 3.8) is 0 Å². The van der Waals surface area contributed by atoms with Gasteiger partial charge in [-0.05, 0) is 25.7 Å². The van der Waals surface area contributed by atoms with Gasteiger partial charge in [0.2, 0.25) is 0 Å². The number of hydrogen-bond acceptors (Lipinski definition) is 5. The van der Waals surface area contributed by atoms with Crippen molar-refractivity contribution in [2.45, 2.75) is 31.9 Å². The maximum Gasteiger partial charge on any atom is 0.149 e. The Hall–Kier alpha value is -0.980. The summed E-state index contributed by atoms with van der Waals surface area (Å²) in [6.45, 7) is 3.69. The van der Waals surface area contributed by atoms with E-state index < -0.39 is 6.10 Å². The minimum atomic E-state index is -0.473. The van der Waals surface area contributed by atoms with Gasteiger partial charge in [-0.15, -0.1) is 10.2 Å². The van der Waals surface area contributed by atoms with Crippen molar-refractivity contribution < 1.29 is 9.84 Å². The summed E-state index contributed by atoms with van der Waals surface area (Å²) >= 11 is 0. The van der Waals surface area contributed by atoms with Crippen molar-refractivity contribution >= 4 is 0 Å². The van der Waals surface area contributed by atoms with Gasteiger partial charge in [-0.1, -0.05) is 0 Å². The fourth-order valence-corrected chi connectivity index (χ4v) is 1.80. The molecule has 0 bridgehead atoms. The Balaban J connectivity index is 1.62. The van der Waals surface area contributed by atoms with E-state index in [1.807, 2.05) is 18.5 Å². The van der Waals surface area contributed by atoms with Gasteiger partial charge in [-0.3, -0.25) is 0 Å². The summed E-state index contributed by atoms with van der Waals surface area (Å²) in [7, 11) is 1.91. The molecule has 6 heteroatoms. The van der Waals surface area contributed by atoms with Gasteiger partial charge in [-0.25, -0.2) is 0 Å². The number of rotatable bonds is 8. The van der Waals surface area contributed by atoms with Gasteiger partial charge < -0.3 is 19.7 Å². The van der Waals surface area contributed by atoms with Crippen molar-refractivity contribution in [3.05, 3.63) is 12.2 Å². The van der Waals surface area contributed by atoms with Crippen LogP contribution in [0, 0.1) is 5.92 Å². The lowest BCUT2D eigenvalue weighted by Crippen LogP contribution is -2.33. The highest BCUT2D eigenvalue weighted by Gasteiger charge is 2.21. The monoisotopic (exact) mass is 254 g/mol. The van der Waals surface area contributed by atoms with E-state index in [1.54, 1.807) is 6.33 Å². The van der Waals surface area contributed by atoms with Crippen LogP contribution < -0.4 is 5.32 Å². The molecule has 18 heavy (non-hydrogen) atoms. The van der Waals surface area contributed by atoms with Gasteiger partial charge in [0.15, 0.2) is 0 Å². The molecular formula is C12H22N4O2. The van der Waals surface area contributed by atoms with Gasteiger partial charge >= 0.3 is 0 Å². The second kappa shape index (κ2) is 6.26. The molecular weight excluding hydrogens is 232 g/mol. The van der Waals surface area contributed by atoms with Gasteiger partial charge in [0.05, 0.1) is 18.8 Å². The van der Waals surface area contributed by atoms with E-state index in [4.69, 9.17) is 4.74 Å². The number of aromatic nitrogens is 3. The molecule has 6 nitrogen and oxygen atoms in total. The Labute approximate surface area is 107 Å². The third-order valence-electron chi connectivity index (χ3n) is 3.15. The first-order valence-corrected chi connectivity index (χ1v) is 6.50. The lowest BCUT2D eigenvalue weighted by molar-refractivity contribution is 0.0313. The molecule has 2 N–H and O–H groups in total. The average Bonchev–Trinajstić information content (AvgIpc) is 3.07. The highest BCUT2D eigenvalue weighted by molar-refractivity contribution is 4.92. The van der Waals surface area contributed by atoms with E-state index in [1.165, 1.54) is 12.8 Å². The number of hydrogen-bond donors (Lipinski definition) is 2. The molecule has 1 aliphatic rings. The van der Waals surface area contributed by atoms with Gasteiger partial charge in [-0.2, -0.15) is 0 Å².